The minimum absolute atomic E-state index is 0.0789. The molecular weight excluding hydrogens is 352 g/mol. The van der Waals surface area contributed by atoms with Gasteiger partial charge in [-0.05, 0) is 24.1 Å². The van der Waals surface area contributed by atoms with Gasteiger partial charge in [-0.2, -0.15) is 0 Å². The Morgan fingerprint density at radius 3 is 2.71 bits per heavy atom. The van der Waals surface area contributed by atoms with Crippen molar-refractivity contribution in [2.45, 2.75) is 31.0 Å². The first-order valence-electron chi connectivity index (χ1n) is 9.61. The van der Waals surface area contributed by atoms with E-state index in [0.717, 1.165) is 23.5 Å². The van der Waals surface area contributed by atoms with E-state index in [1.807, 2.05) is 41.3 Å². The third kappa shape index (κ3) is 2.98. The molecule has 142 valence electrons. The summed E-state index contributed by atoms with van der Waals surface area (Å²) in [7, 11) is 0. The van der Waals surface area contributed by atoms with Crippen molar-refractivity contribution in [3.8, 4) is 0 Å². The second-order valence-corrected chi connectivity index (χ2v) is 7.25. The molecular formula is C21H22N6O. The van der Waals surface area contributed by atoms with Crippen LogP contribution in [-0.2, 0) is 11.2 Å². The third-order valence-electron chi connectivity index (χ3n) is 5.58. The average Bonchev–Trinajstić information content (AvgIpc) is 3.43. The van der Waals surface area contributed by atoms with Crippen LogP contribution in [0.3, 0.4) is 0 Å². The molecule has 0 bridgehead atoms. The lowest BCUT2D eigenvalue weighted by molar-refractivity contribution is -0.135. The van der Waals surface area contributed by atoms with Crippen molar-refractivity contribution < 1.29 is 4.79 Å². The van der Waals surface area contributed by atoms with Crippen LogP contribution < -0.4 is 10.9 Å². The number of rotatable bonds is 3. The maximum atomic E-state index is 13.5. The first-order valence-corrected chi connectivity index (χ1v) is 9.61. The predicted octanol–water partition coefficient (Wildman–Crippen LogP) is 1.89. The highest BCUT2D eigenvalue weighted by Gasteiger charge is 2.40. The van der Waals surface area contributed by atoms with Crippen molar-refractivity contribution >= 4 is 5.91 Å². The van der Waals surface area contributed by atoms with E-state index in [1.165, 1.54) is 5.56 Å². The average molecular weight is 374 g/mol. The summed E-state index contributed by atoms with van der Waals surface area (Å²) < 4.78 is 0. The first-order chi connectivity index (χ1) is 13.8. The maximum absolute atomic E-state index is 13.5. The van der Waals surface area contributed by atoms with Gasteiger partial charge >= 0.3 is 0 Å². The lowest BCUT2D eigenvalue weighted by Crippen LogP contribution is -2.49. The lowest BCUT2D eigenvalue weighted by Gasteiger charge is -2.36. The summed E-state index contributed by atoms with van der Waals surface area (Å²) in [4.78, 5) is 27.6. The second kappa shape index (κ2) is 7.18. The van der Waals surface area contributed by atoms with Crippen molar-refractivity contribution in [1.82, 2.24) is 30.7 Å². The summed E-state index contributed by atoms with van der Waals surface area (Å²) in [6.07, 6.45) is 4.95. The minimum atomic E-state index is -0.281. The minimum Gasteiger partial charge on any atom is -0.348 e. The molecule has 0 spiro atoms. The van der Waals surface area contributed by atoms with Gasteiger partial charge in [0.15, 0.2) is 0 Å². The zero-order chi connectivity index (χ0) is 18.9. The molecule has 3 unspecified atom stereocenters. The molecule has 7 heteroatoms. The van der Waals surface area contributed by atoms with Gasteiger partial charge in [-0.3, -0.25) is 9.78 Å². The Morgan fingerprint density at radius 2 is 1.89 bits per heavy atom. The number of hydrazine groups is 1. The van der Waals surface area contributed by atoms with Gasteiger partial charge in [0.05, 0.1) is 17.7 Å². The highest BCUT2D eigenvalue weighted by Crippen LogP contribution is 2.34. The van der Waals surface area contributed by atoms with Crippen molar-refractivity contribution in [3.63, 3.8) is 0 Å². The quantitative estimate of drug-likeness (QED) is 0.652. The van der Waals surface area contributed by atoms with E-state index >= 15 is 0 Å². The Hall–Kier alpha value is -3.03. The smallest absolute Gasteiger partial charge is 0.242 e. The van der Waals surface area contributed by atoms with E-state index in [9.17, 15) is 4.79 Å². The molecule has 3 aromatic rings. The zero-order valence-corrected chi connectivity index (χ0v) is 15.4. The number of hydrogen-bond acceptors (Lipinski definition) is 5. The first kappa shape index (κ1) is 17.1. The van der Waals surface area contributed by atoms with Crippen LogP contribution in [0.25, 0.3) is 0 Å². The summed E-state index contributed by atoms with van der Waals surface area (Å²) in [6, 6.07) is 15.6. The summed E-state index contributed by atoms with van der Waals surface area (Å²) in [5, 5.41) is 0. The van der Waals surface area contributed by atoms with Crippen LogP contribution in [0.2, 0.25) is 0 Å². The molecule has 3 atom stereocenters. The van der Waals surface area contributed by atoms with Gasteiger partial charge in [-0.15, -0.1) is 0 Å². The number of aromatic nitrogens is 3. The predicted molar refractivity (Wildman–Crippen MR) is 104 cm³/mol. The number of carbonyl (C=O) groups excluding carboxylic acids is 1. The molecule has 3 N–H and O–H groups in total. The maximum Gasteiger partial charge on any atom is 0.242 e. The fourth-order valence-electron chi connectivity index (χ4n) is 4.17. The summed E-state index contributed by atoms with van der Waals surface area (Å²) in [5.41, 5.74) is 10.5. The molecule has 0 aliphatic carbocycles. The number of aromatic amines is 1. The molecule has 7 nitrogen and oxygen atoms in total. The molecule has 0 saturated carbocycles. The van der Waals surface area contributed by atoms with E-state index in [1.54, 1.807) is 12.5 Å². The molecule has 1 fully saturated rings. The van der Waals surface area contributed by atoms with E-state index < -0.39 is 0 Å². The largest absolute Gasteiger partial charge is 0.348 e. The number of pyridine rings is 1. The Bertz CT molecular complexity index is 957. The van der Waals surface area contributed by atoms with E-state index in [-0.39, 0.29) is 24.0 Å². The molecule has 4 heterocycles. The normalized spacial score (nSPS) is 24.1. The highest BCUT2D eigenvalue weighted by atomic mass is 16.2. The fourth-order valence-corrected chi connectivity index (χ4v) is 4.17. The number of amides is 1. The van der Waals surface area contributed by atoms with Gasteiger partial charge in [0.1, 0.15) is 12.1 Å². The molecule has 28 heavy (non-hydrogen) atoms. The third-order valence-corrected chi connectivity index (χ3v) is 5.58. The molecule has 2 aromatic heterocycles. The van der Waals surface area contributed by atoms with Crippen molar-refractivity contribution in [2.75, 3.05) is 6.54 Å². The summed E-state index contributed by atoms with van der Waals surface area (Å²) >= 11 is 0. The number of benzene rings is 1. The molecule has 0 radical (unpaired) electrons. The Labute approximate surface area is 163 Å². The number of fused-ring (bicyclic) bond motifs is 1. The van der Waals surface area contributed by atoms with Crippen molar-refractivity contribution in [1.29, 1.82) is 0 Å². The van der Waals surface area contributed by atoms with Gasteiger partial charge in [0.25, 0.3) is 0 Å². The number of hydrogen-bond donors (Lipinski definition) is 3. The van der Waals surface area contributed by atoms with E-state index in [0.29, 0.717) is 13.0 Å². The number of nitrogens with one attached hydrogen (secondary N) is 3. The molecule has 5 rings (SSSR count). The van der Waals surface area contributed by atoms with Crippen LogP contribution in [0.4, 0.5) is 0 Å². The molecule has 1 amide bonds. The monoisotopic (exact) mass is 374 g/mol. The topological polar surface area (TPSA) is 85.9 Å². The number of nitrogens with zero attached hydrogens (tertiary/aromatic N) is 3. The lowest BCUT2D eigenvalue weighted by atomic mass is 9.96. The molecule has 2 aliphatic rings. The highest BCUT2D eigenvalue weighted by molar-refractivity contribution is 5.83. The Morgan fingerprint density at radius 1 is 1.04 bits per heavy atom. The van der Waals surface area contributed by atoms with Crippen LogP contribution in [0.1, 0.15) is 41.1 Å². The van der Waals surface area contributed by atoms with Crippen LogP contribution >= 0.6 is 0 Å². The number of carbonyl (C=O) groups is 1. The van der Waals surface area contributed by atoms with Gasteiger partial charge in [0, 0.05) is 30.9 Å². The van der Waals surface area contributed by atoms with Crippen LogP contribution in [0.5, 0.6) is 0 Å². The van der Waals surface area contributed by atoms with Gasteiger partial charge in [-0.25, -0.2) is 15.8 Å². The molecule has 1 aromatic carbocycles. The van der Waals surface area contributed by atoms with Crippen LogP contribution in [0, 0.1) is 0 Å². The van der Waals surface area contributed by atoms with Crippen LogP contribution in [0.15, 0.2) is 61.1 Å². The summed E-state index contributed by atoms with van der Waals surface area (Å²) in [5.74, 6) is 0.0789. The zero-order valence-electron chi connectivity index (χ0n) is 15.4. The standard InChI is InChI=1S/C21H22N6O/c28-21(18-12-17(25-26-18)14-6-2-1-3-7-14)27-11-9-15-19(24-13-23-15)20(27)16-8-4-5-10-22-16/h1-8,10,13,17-18,20,25-26H,9,11-12H2,(H,23,24). The Balaban J connectivity index is 1.41. The Kier molecular flexibility index (Phi) is 4.38. The van der Waals surface area contributed by atoms with E-state index in [4.69, 9.17) is 0 Å². The molecule has 2 aliphatic heterocycles. The van der Waals surface area contributed by atoms with Gasteiger partial charge < -0.3 is 9.88 Å². The van der Waals surface area contributed by atoms with Crippen molar-refractivity contribution in [3.05, 3.63) is 83.7 Å². The van der Waals surface area contributed by atoms with Crippen molar-refractivity contribution in [2.24, 2.45) is 0 Å². The van der Waals surface area contributed by atoms with Crippen LogP contribution in [-0.4, -0.2) is 38.3 Å². The second-order valence-electron chi connectivity index (χ2n) is 7.25. The molecule has 1 saturated heterocycles. The number of H-pyrrole nitrogens is 1. The van der Waals surface area contributed by atoms with E-state index in [2.05, 4.69) is 37.9 Å². The van der Waals surface area contributed by atoms with Gasteiger partial charge in [0.2, 0.25) is 5.91 Å². The fraction of sp³-hybridized carbons (Fsp3) is 0.286. The SMILES string of the molecule is O=C(C1CC(c2ccccc2)NN1)N1CCc2[nH]cnc2C1c1ccccn1. The summed E-state index contributed by atoms with van der Waals surface area (Å²) in [6.45, 7) is 0.642. The number of imidazole rings is 1. The van der Waals surface area contributed by atoms with Gasteiger partial charge in [-0.1, -0.05) is 36.4 Å².